The molecule has 0 fully saturated rings. The SMILES string of the molecule is COc1ccc(CCC(N)CC(C)(C)OC)cc1. The van der Waals surface area contributed by atoms with Gasteiger partial charge in [-0.3, -0.25) is 0 Å². The Morgan fingerprint density at radius 1 is 1.17 bits per heavy atom. The van der Waals surface area contributed by atoms with Gasteiger partial charge >= 0.3 is 0 Å². The topological polar surface area (TPSA) is 44.5 Å². The third kappa shape index (κ3) is 5.07. The van der Waals surface area contributed by atoms with Crippen LogP contribution < -0.4 is 10.5 Å². The van der Waals surface area contributed by atoms with Gasteiger partial charge in [-0.2, -0.15) is 0 Å². The molecule has 2 N–H and O–H groups in total. The van der Waals surface area contributed by atoms with E-state index in [1.165, 1.54) is 5.56 Å². The van der Waals surface area contributed by atoms with Gasteiger partial charge in [0.15, 0.2) is 0 Å². The van der Waals surface area contributed by atoms with Crippen molar-refractivity contribution in [3.05, 3.63) is 29.8 Å². The summed E-state index contributed by atoms with van der Waals surface area (Å²) in [4.78, 5) is 0. The van der Waals surface area contributed by atoms with E-state index in [1.807, 2.05) is 12.1 Å². The van der Waals surface area contributed by atoms with Gasteiger partial charge in [0.25, 0.3) is 0 Å². The zero-order valence-electron chi connectivity index (χ0n) is 11.9. The molecule has 1 unspecified atom stereocenters. The van der Waals surface area contributed by atoms with Crippen LogP contribution >= 0.6 is 0 Å². The lowest BCUT2D eigenvalue weighted by molar-refractivity contribution is 0.00960. The van der Waals surface area contributed by atoms with Gasteiger partial charge in [-0.1, -0.05) is 12.1 Å². The van der Waals surface area contributed by atoms with Crippen molar-refractivity contribution in [1.82, 2.24) is 0 Å². The van der Waals surface area contributed by atoms with E-state index in [4.69, 9.17) is 15.2 Å². The van der Waals surface area contributed by atoms with Crippen molar-refractivity contribution < 1.29 is 9.47 Å². The minimum absolute atomic E-state index is 0.140. The standard InChI is InChI=1S/C15H25NO2/c1-15(2,18-4)11-13(16)8-5-12-6-9-14(17-3)10-7-12/h6-7,9-10,13H,5,8,11,16H2,1-4H3. The van der Waals surface area contributed by atoms with Crippen LogP contribution in [0.2, 0.25) is 0 Å². The van der Waals surface area contributed by atoms with Crippen LogP contribution in [0.3, 0.4) is 0 Å². The molecule has 0 radical (unpaired) electrons. The fraction of sp³-hybridized carbons (Fsp3) is 0.600. The molecule has 1 aromatic rings. The van der Waals surface area contributed by atoms with E-state index >= 15 is 0 Å². The van der Waals surface area contributed by atoms with Gasteiger partial charge in [0.1, 0.15) is 5.75 Å². The lowest BCUT2D eigenvalue weighted by atomic mass is 9.95. The largest absolute Gasteiger partial charge is 0.497 e. The summed E-state index contributed by atoms with van der Waals surface area (Å²) in [7, 11) is 3.41. The third-order valence-corrected chi connectivity index (χ3v) is 3.27. The monoisotopic (exact) mass is 251 g/mol. The fourth-order valence-corrected chi connectivity index (χ4v) is 1.96. The van der Waals surface area contributed by atoms with Crippen molar-refractivity contribution in [2.45, 2.75) is 44.8 Å². The second-order valence-corrected chi connectivity index (χ2v) is 5.31. The molecular weight excluding hydrogens is 226 g/mol. The van der Waals surface area contributed by atoms with Crippen molar-refractivity contribution in [2.24, 2.45) is 5.73 Å². The Hall–Kier alpha value is -1.06. The molecule has 0 aliphatic rings. The van der Waals surface area contributed by atoms with Crippen molar-refractivity contribution in [3.8, 4) is 5.75 Å². The van der Waals surface area contributed by atoms with Gasteiger partial charge in [-0.05, 0) is 50.8 Å². The Balaban J connectivity index is 2.39. The molecule has 1 aromatic carbocycles. The summed E-state index contributed by atoms with van der Waals surface area (Å²) in [5.74, 6) is 0.892. The molecule has 0 aliphatic heterocycles. The first-order chi connectivity index (χ1) is 8.46. The summed E-state index contributed by atoms with van der Waals surface area (Å²) >= 11 is 0. The maximum absolute atomic E-state index is 6.13. The number of hydrogen-bond donors (Lipinski definition) is 1. The maximum atomic E-state index is 6.13. The minimum Gasteiger partial charge on any atom is -0.497 e. The highest BCUT2D eigenvalue weighted by Gasteiger charge is 2.20. The zero-order chi connectivity index (χ0) is 13.6. The Morgan fingerprint density at radius 3 is 2.28 bits per heavy atom. The Bertz CT molecular complexity index is 346. The van der Waals surface area contributed by atoms with Crippen LogP contribution in [0, 0.1) is 0 Å². The predicted molar refractivity (Wildman–Crippen MR) is 75.0 cm³/mol. The van der Waals surface area contributed by atoms with Crippen LogP contribution in [0.4, 0.5) is 0 Å². The summed E-state index contributed by atoms with van der Waals surface area (Å²) in [6.45, 7) is 4.14. The smallest absolute Gasteiger partial charge is 0.118 e. The number of nitrogens with two attached hydrogens (primary N) is 1. The van der Waals surface area contributed by atoms with Gasteiger partial charge in [0.05, 0.1) is 12.7 Å². The number of hydrogen-bond acceptors (Lipinski definition) is 3. The molecule has 3 heteroatoms. The van der Waals surface area contributed by atoms with E-state index in [9.17, 15) is 0 Å². The summed E-state index contributed by atoms with van der Waals surface area (Å²) in [5.41, 5.74) is 7.29. The van der Waals surface area contributed by atoms with E-state index in [1.54, 1.807) is 14.2 Å². The van der Waals surface area contributed by atoms with Gasteiger partial charge in [0, 0.05) is 13.2 Å². The van der Waals surface area contributed by atoms with Crippen molar-refractivity contribution >= 4 is 0 Å². The summed E-state index contributed by atoms with van der Waals surface area (Å²) in [6, 6.07) is 8.32. The molecule has 0 heterocycles. The molecule has 0 aliphatic carbocycles. The third-order valence-electron chi connectivity index (χ3n) is 3.27. The van der Waals surface area contributed by atoms with E-state index in [2.05, 4.69) is 26.0 Å². The van der Waals surface area contributed by atoms with E-state index < -0.39 is 0 Å². The van der Waals surface area contributed by atoms with Crippen LogP contribution in [0.1, 0.15) is 32.3 Å². The molecule has 1 atom stereocenters. The second kappa shape index (κ2) is 6.76. The minimum atomic E-state index is -0.140. The Labute approximate surface area is 110 Å². The van der Waals surface area contributed by atoms with Crippen LogP contribution in [-0.4, -0.2) is 25.9 Å². The van der Waals surface area contributed by atoms with Crippen LogP contribution in [0.5, 0.6) is 5.75 Å². The summed E-state index contributed by atoms with van der Waals surface area (Å²) in [6.07, 6.45) is 2.84. The first kappa shape index (κ1) is 15.0. The molecule has 0 saturated carbocycles. The van der Waals surface area contributed by atoms with Crippen molar-refractivity contribution in [3.63, 3.8) is 0 Å². The number of aryl methyl sites for hydroxylation is 1. The highest BCUT2D eigenvalue weighted by Crippen LogP contribution is 2.18. The van der Waals surface area contributed by atoms with Crippen LogP contribution in [0.15, 0.2) is 24.3 Å². The zero-order valence-corrected chi connectivity index (χ0v) is 11.9. The quantitative estimate of drug-likeness (QED) is 0.810. The first-order valence-corrected chi connectivity index (χ1v) is 6.40. The normalized spacial score (nSPS) is 13.4. The molecule has 18 heavy (non-hydrogen) atoms. The van der Waals surface area contributed by atoms with Gasteiger partial charge in [0.2, 0.25) is 0 Å². The highest BCUT2D eigenvalue weighted by atomic mass is 16.5. The van der Waals surface area contributed by atoms with E-state index in [-0.39, 0.29) is 11.6 Å². The van der Waals surface area contributed by atoms with Crippen molar-refractivity contribution in [2.75, 3.05) is 14.2 Å². The molecule has 0 spiro atoms. The second-order valence-electron chi connectivity index (χ2n) is 5.31. The molecule has 0 amide bonds. The fourth-order valence-electron chi connectivity index (χ4n) is 1.96. The first-order valence-electron chi connectivity index (χ1n) is 6.40. The number of rotatable bonds is 7. The van der Waals surface area contributed by atoms with E-state index in [0.29, 0.717) is 0 Å². The molecule has 0 aromatic heterocycles. The van der Waals surface area contributed by atoms with Gasteiger partial charge in [-0.15, -0.1) is 0 Å². The number of benzene rings is 1. The Morgan fingerprint density at radius 2 is 1.78 bits per heavy atom. The molecular formula is C15H25NO2. The van der Waals surface area contributed by atoms with Crippen molar-refractivity contribution in [1.29, 1.82) is 0 Å². The number of methoxy groups -OCH3 is 2. The van der Waals surface area contributed by atoms with Crippen LogP contribution in [0.25, 0.3) is 0 Å². The highest BCUT2D eigenvalue weighted by molar-refractivity contribution is 5.27. The molecule has 3 nitrogen and oxygen atoms in total. The predicted octanol–water partition coefficient (Wildman–Crippen LogP) is 2.77. The number of ether oxygens (including phenoxy) is 2. The lowest BCUT2D eigenvalue weighted by Crippen LogP contribution is -2.33. The maximum Gasteiger partial charge on any atom is 0.118 e. The molecule has 102 valence electrons. The van der Waals surface area contributed by atoms with E-state index in [0.717, 1.165) is 25.0 Å². The summed E-state index contributed by atoms with van der Waals surface area (Å²) < 4.78 is 10.5. The van der Waals surface area contributed by atoms with Crippen LogP contribution in [-0.2, 0) is 11.2 Å². The Kier molecular flexibility index (Phi) is 5.63. The molecule has 0 saturated heterocycles. The lowest BCUT2D eigenvalue weighted by Gasteiger charge is -2.26. The van der Waals surface area contributed by atoms with Gasteiger partial charge in [-0.25, -0.2) is 0 Å². The van der Waals surface area contributed by atoms with Gasteiger partial charge < -0.3 is 15.2 Å². The molecule has 0 bridgehead atoms. The average molecular weight is 251 g/mol. The summed E-state index contributed by atoms with van der Waals surface area (Å²) in [5, 5.41) is 0. The molecule has 1 rings (SSSR count). The average Bonchev–Trinajstić information content (AvgIpc) is 2.36.